The standard InChI is InChI=1S/C15H24N2O/c1-3-18-15-9-7-13(8-10-15)16-11-14-6-4-5-12(2)17-14/h7-10,12,14,16-17H,3-6,11H2,1-2H3. The first-order valence-corrected chi connectivity index (χ1v) is 7.00. The van der Waals surface area contributed by atoms with E-state index in [1.54, 1.807) is 0 Å². The van der Waals surface area contributed by atoms with E-state index in [-0.39, 0.29) is 0 Å². The average Bonchev–Trinajstić information content (AvgIpc) is 2.38. The maximum atomic E-state index is 5.43. The summed E-state index contributed by atoms with van der Waals surface area (Å²) in [5.74, 6) is 0.937. The van der Waals surface area contributed by atoms with Crippen molar-refractivity contribution in [3.63, 3.8) is 0 Å². The Morgan fingerprint density at radius 3 is 2.72 bits per heavy atom. The molecule has 0 aliphatic carbocycles. The van der Waals surface area contributed by atoms with Crippen molar-refractivity contribution in [3.8, 4) is 5.75 Å². The summed E-state index contributed by atoms with van der Waals surface area (Å²) in [5.41, 5.74) is 1.17. The van der Waals surface area contributed by atoms with Crippen molar-refractivity contribution in [2.75, 3.05) is 18.5 Å². The highest BCUT2D eigenvalue weighted by Crippen LogP contribution is 2.17. The van der Waals surface area contributed by atoms with E-state index >= 15 is 0 Å². The number of anilines is 1. The molecule has 1 aromatic rings. The quantitative estimate of drug-likeness (QED) is 0.840. The van der Waals surface area contributed by atoms with Crippen LogP contribution < -0.4 is 15.4 Å². The number of piperidine rings is 1. The van der Waals surface area contributed by atoms with Crippen molar-refractivity contribution in [1.82, 2.24) is 5.32 Å². The second-order valence-corrected chi connectivity index (χ2v) is 5.03. The Bertz CT molecular complexity index is 350. The maximum absolute atomic E-state index is 5.43. The molecular formula is C15H24N2O. The van der Waals surface area contributed by atoms with E-state index in [9.17, 15) is 0 Å². The fraction of sp³-hybridized carbons (Fsp3) is 0.600. The van der Waals surface area contributed by atoms with Crippen LogP contribution in [0.15, 0.2) is 24.3 Å². The second-order valence-electron chi connectivity index (χ2n) is 5.03. The van der Waals surface area contributed by atoms with Gasteiger partial charge in [-0.05, 0) is 51.0 Å². The lowest BCUT2D eigenvalue weighted by molar-refractivity contribution is 0.340. The average molecular weight is 248 g/mol. The van der Waals surface area contributed by atoms with Crippen LogP contribution in [0, 0.1) is 0 Å². The molecule has 100 valence electrons. The normalized spacial score (nSPS) is 23.7. The molecule has 1 aromatic carbocycles. The van der Waals surface area contributed by atoms with Gasteiger partial charge in [0.15, 0.2) is 0 Å². The molecule has 0 bridgehead atoms. The molecule has 1 aliphatic rings. The molecular weight excluding hydrogens is 224 g/mol. The van der Waals surface area contributed by atoms with Gasteiger partial charge in [0.1, 0.15) is 5.75 Å². The first kappa shape index (κ1) is 13.2. The molecule has 0 aromatic heterocycles. The van der Waals surface area contributed by atoms with Crippen LogP contribution in [-0.2, 0) is 0 Å². The number of benzene rings is 1. The molecule has 2 rings (SSSR count). The van der Waals surface area contributed by atoms with Crippen molar-refractivity contribution in [2.45, 2.75) is 45.2 Å². The fourth-order valence-corrected chi connectivity index (χ4v) is 2.48. The Labute approximate surface area is 110 Å². The lowest BCUT2D eigenvalue weighted by Crippen LogP contribution is -2.44. The maximum Gasteiger partial charge on any atom is 0.119 e. The highest BCUT2D eigenvalue weighted by Gasteiger charge is 2.16. The molecule has 0 amide bonds. The molecule has 1 saturated heterocycles. The van der Waals surface area contributed by atoms with E-state index in [1.807, 2.05) is 19.1 Å². The lowest BCUT2D eigenvalue weighted by Gasteiger charge is -2.29. The van der Waals surface area contributed by atoms with Crippen molar-refractivity contribution >= 4 is 5.69 Å². The molecule has 3 nitrogen and oxygen atoms in total. The molecule has 2 unspecified atom stereocenters. The van der Waals surface area contributed by atoms with Crippen LogP contribution in [0.25, 0.3) is 0 Å². The van der Waals surface area contributed by atoms with E-state index < -0.39 is 0 Å². The van der Waals surface area contributed by atoms with Gasteiger partial charge in [0, 0.05) is 24.3 Å². The smallest absolute Gasteiger partial charge is 0.119 e. The molecule has 0 spiro atoms. The van der Waals surface area contributed by atoms with E-state index in [2.05, 4.69) is 29.7 Å². The third-order valence-electron chi connectivity index (χ3n) is 3.43. The Hall–Kier alpha value is -1.22. The van der Waals surface area contributed by atoms with Crippen LogP contribution >= 0.6 is 0 Å². The van der Waals surface area contributed by atoms with Crippen LogP contribution in [-0.4, -0.2) is 25.2 Å². The van der Waals surface area contributed by atoms with Crippen LogP contribution in [0.2, 0.25) is 0 Å². The SMILES string of the molecule is CCOc1ccc(NCC2CCCC(C)N2)cc1. The van der Waals surface area contributed by atoms with Gasteiger partial charge in [-0.2, -0.15) is 0 Å². The largest absolute Gasteiger partial charge is 0.494 e. The van der Waals surface area contributed by atoms with Crippen LogP contribution in [0.1, 0.15) is 33.1 Å². The van der Waals surface area contributed by atoms with E-state index in [4.69, 9.17) is 4.74 Å². The minimum Gasteiger partial charge on any atom is -0.494 e. The van der Waals surface area contributed by atoms with Gasteiger partial charge in [-0.1, -0.05) is 6.42 Å². The summed E-state index contributed by atoms with van der Waals surface area (Å²) in [7, 11) is 0. The second kappa shape index (κ2) is 6.64. The van der Waals surface area contributed by atoms with Crippen molar-refractivity contribution in [2.24, 2.45) is 0 Å². The van der Waals surface area contributed by atoms with Gasteiger partial charge < -0.3 is 15.4 Å². The zero-order valence-electron chi connectivity index (χ0n) is 11.4. The minimum absolute atomic E-state index is 0.598. The summed E-state index contributed by atoms with van der Waals surface area (Å²) in [6.45, 7) is 5.99. The third-order valence-corrected chi connectivity index (χ3v) is 3.43. The van der Waals surface area contributed by atoms with Crippen LogP contribution in [0.4, 0.5) is 5.69 Å². The molecule has 18 heavy (non-hydrogen) atoms. The van der Waals surface area contributed by atoms with Crippen molar-refractivity contribution < 1.29 is 4.74 Å². The molecule has 2 N–H and O–H groups in total. The number of rotatable bonds is 5. The number of hydrogen-bond donors (Lipinski definition) is 2. The molecule has 1 aliphatic heterocycles. The summed E-state index contributed by atoms with van der Waals surface area (Å²) in [6.07, 6.45) is 3.91. The van der Waals surface area contributed by atoms with E-state index in [1.165, 1.54) is 24.9 Å². The van der Waals surface area contributed by atoms with Crippen molar-refractivity contribution in [3.05, 3.63) is 24.3 Å². The van der Waals surface area contributed by atoms with Gasteiger partial charge in [-0.3, -0.25) is 0 Å². The summed E-state index contributed by atoms with van der Waals surface area (Å²) in [6, 6.07) is 9.45. The monoisotopic (exact) mass is 248 g/mol. The van der Waals surface area contributed by atoms with Gasteiger partial charge in [0.05, 0.1) is 6.61 Å². The minimum atomic E-state index is 0.598. The highest BCUT2D eigenvalue weighted by atomic mass is 16.5. The van der Waals surface area contributed by atoms with E-state index in [0.717, 1.165) is 18.9 Å². The van der Waals surface area contributed by atoms with Gasteiger partial charge in [0.2, 0.25) is 0 Å². The van der Waals surface area contributed by atoms with Crippen LogP contribution in [0.5, 0.6) is 5.75 Å². The number of ether oxygens (including phenoxy) is 1. The zero-order valence-corrected chi connectivity index (χ0v) is 11.4. The van der Waals surface area contributed by atoms with E-state index in [0.29, 0.717) is 12.1 Å². The predicted octanol–water partition coefficient (Wildman–Crippen LogP) is 3.03. The Balaban J connectivity index is 1.78. The molecule has 3 heteroatoms. The molecule has 0 saturated carbocycles. The molecule has 1 fully saturated rings. The summed E-state index contributed by atoms with van der Waals surface area (Å²) < 4.78 is 5.43. The third kappa shape index (κ3) is 3.91. The number of nitrogens with one attached hydrogen (secondary N) is 2. The van der Waals surface area contributed by atoms with Crippen molar-refractivity contribution in [1.29, 1.82) is 0 Å². The Kier molecular flexibility index (Phi) is 4.88. The Morgan fingerprint density at radius 1 is 1.28 bits per heavy atom. The Morgan fingerprint density at radius 2 is 2.06 bits per heavy atom. The summed E-state index contributed by atoms with van der Waals surface area (Å²) in [4.78, 5) is 0. The van der Waals surface area contributed by atoms with Gasteiger partial charge in [-0.15, -0.1) is 0 Å². The summed E-state index contributed by atoms with van der Waals surface area (Å²) >= 11 is 0. The van der Waals surface area contributed by atoms with Crippen LogP contribution in [0.3, 0.4) is 0 Å². The van der Waals surface area contributed by atoms with Gasteiger partial charge in [-0.25, -0.2) is 0 Å². The lowest BCUT2D eigenvalue weighted by atomic mass is 9.99. The molecule has 0 radical (unpaired) electrons. The number of hydrogen-bond acceptors (Lipinski definition) is 3. The first-order chi connectivity index (χ1) is 8.78. The fourth-order valence-electron chi connectivity index (χ4n) is 2.48. The zero-order chi connectivity index (χ0) is 12.8. The predicted molar refractivity (Wildman–Crippen MR) is 76.3 cm³/mol. The topological polar surface area (TPSA) is 33.3 Å². The first-order valence-electron chi connectivity index (χ1n) is 7.00. The highest BCUT2D eigenvalue weighted by molar-refractivity contribution is 5.46. The molecule has 2 atom stereocenters. The van der Waals surface area contributed by atoms with Gasteiger partial charge in [0.25, 0.3) is 0 Å². The molecule has 1 heterocycles. The summed E-state index contributed by atoms with van der Waals surface area (Å²) in [5, 5.41) is 7.12. The van der Waals surface area contributed by atoms with Gasteiger partial charge >= 0.3 is 0 Å².